The summed E-state index contributed by atoms with van der Waals surface area (Å²) in [6.45, 7) is 5.61. The smallest absolute Gasteiger partial charge is 0.228 e. The Kier molecular flexibility index (Phi) is 3.68. The summed E-state index contributed by atoms with van der Waals surface area (Å²) in [4.78, 5) is 12.0. The molecule has 1 heterocycles. The van der Waals surface area contributed by atoms with Gasteiger partial charge in [-0.05, 0) is 55.9 Å². The van der Waals surface area contributed by atoms with Gasteiger partial charge in [0.15, 0.2) is 12.0 Å². The van der Waals surface area contributed by atoms with Crippen LogP contribution in [-0.4, -0.2) is 15.0 Å². The topological polar surface area (TPSA) is 76.7 Å². The average Bonchev–Trinajstić information content (AvgIpc) is 2.81. The second kappa shape index (κ2) is 5.51. The van der Waals surface area contributed by atoms with Gasteiger partial charge in [0, 0.05) is 0 Å². The number of nitrogens with two attached hydrogens (primary N) is 1. The average molecular weight is 301 g/mol. The molecule has 22 heavy (non-hydrogen) atoms. The number of hydrogen-bond acceptors (Lipinski definition) is 5. The Hall–Kier alpha value is -2.24. The predicted molar refractivity (Wildman–Crippen MR) is 84.4 cm³/mol. The van der Waals surface area contributed by atoms with E-state index in [1.165, 1.54) is 29.2 Å². The highest BCUT2D eigenvalue weighted by Crippen LogP contribution is 2.35. The maximum absolute atomic E-state index is 13.4. The molecule has 0 fully saturated rings. The molecule has 0 amide bonds. The summed E-state index contributed by atoms with van der Waals surface area (Å²) >= 11 is 0. The number of fused-ring (bicyclic) bond motifs is 1. The van der Waals surface area contributed by atoms with E-state index < -0.39 is 6.17 Å². The summed E-state index contributed by atoms with van der Waals surface area (Å²) in [5.41, 5.74) is 10.8. The Labute approximate surface area is 129 Å². The number of nitrogens with one attached hydrogen (secondary N) is 1. The number of rotatable bonds is 3. The van der Waals surface area contributed by atoms with Crippen LogP contribution in [0.15, 0.2) is 12.1 Å². The SMILES string of the molecule is Cc1cc2c(cc1C)C(Nc1nc(N)nc(C(C)F)n1)CC2. The number of nitrogen functional groups attached to an aromatic ring is 1. The molecule has 116 valence electrons. The Morgan fingerprint density at radius 3 is 2.68 bits per heavy atom. The number of benzene rings is 1. The molecule has 3 N–H and O–H groups in total. The predicted octanol–water partition coefficient (Wildman–Crippen LogP) is 3.20. The zero-order chi connectivity index (χ0) is 15.9. The number of aromatic nitrogens is 3. The largest absolute Gasteiger partial charge is 0.368 e. The molecule has 2 aromatic rings. The molecule has 0 spiro atoms. The van der Waals surface area contributed by atoms with Crippen molar-refractivity contribution in [2.45, 2.75) is 45.8 Å². The lowest BCUT2D eigenvalue weighted by Crippen LogP contribution is -2.14. The van der Waals surface area contributed by atoms with Gasteiger partial charge in [-0.2, -0.15) is 15.0 Å². The van der Waals surface area contributed by atoms with Crippen LogP contribution < -0.4 is 11.1 Å². The van der Waals surface area contributed by atoms with Gasteiger partial charge in [-0.25, -0.2) is 4.39 Å². The minimum Gasteiger partial charge on any atom is -0.368 e. The Bertz CT molecular complexity index is 714. The lowest BCUT2D eigenvalue weighted by molar-refractivity contribution is 0.356. The van der Waals surface area contributed by atoms with Crippen LogP contribution in [-0.2, 0) is 6.42 Å². The number of halogens is 1. The van der Waals surface area contributed by atoms with Crippen LogP contribution >= 0.6 is 0 Å². The summed E-state index contributed by atoms with van der Waals surface area (Å²) in [5.74, 6) is 0.437. The van der Waals surface area contributed by atoms with Gasteiger partial charge < -0.3 is 11.1 Å². The monoisotopic (exact) mass is 301 g/mol. The van der Waals surface area contributed by atoms with Crippen LogP contribution in [0.5, 0.6) is 0 Å². The molecule has 1 aromatic carbocycles. The Balaban J connectivity index is 1.89. The first-order valence-electron chi connectivity index (χ1n) is 7.46. The van der Waals surface area contributed by atoms with Crippen molar-refractivity contribution in [3.63, 3.8) is 0 Å². The van der Waals surface area contributed by atoms with Crippen LogP contribution in [0.1, 0.15) is 53.6 Å². The Morgan fingerprint density at radius 1 is 1.23 bits per heavy atom. The van der Waals surface area contributed by atoms with E-state index in [9.17, 15) is 4.39 Å². The van der Waals surface area contributed by atoms with E-state index in [4.69, 9.17) is 5.73 Å². The van der Waals surface area contributed by atoms with Gasteiger partial charge in [0.25, 0.3) is 0 Å². The number of hydrogen-bond donors (Lipinski definition) is 2. The van der Waals surface area contributed by atoms with Crippen LogP contribution in [0, 0.1) is 13.8 Å². The zero-order valence-electron chi connectivity index (χ0n) is 13.0. The molecule has 2 atom stereocenters. The van der Waals surface area contributed by atoms with Crippen molar-refractivity contribution in [1.82, 2.24) is 15.0 Å². The summed E-state index contributed by atoms with van der Waals surface area (Å²) < 4.78 is 13.4. The van der Waals surface area contributed by atoms with Gasteiger partial charge in [-0.1, -0.05) is 12.1 Å². The molecule has 5 nitrogen and oxygen atoms in total. The first kappa shape index (κ1) is 14.7. The van der Waals surface area contributed by atoms with Crippen molar-refractivity contribution in [3.05, 3.63) is 40.2 Å². The molecule has 6 heteroatoms. The van der Waals surface area contributed by atoms with E-state index in [2.05, 4.69) is 46.2 Å². The summed E-state index contributed by atoms with van der Waals surface area (Å²) in [6.07, 6.45) is 0.706. The van der Waals surface area contributed by atoms with Gasteiger partial charge >= 0.3 is 0 Å². The lowest BCUT2D eigenvalue weighted by Gasteiger charge is -2.16. The third-order valence-electron chi connectivity index (χ3n) is 4.16. The van der Waals surface area contributed by atoms with E-state index in [1.807, 2.05) is 0 Å². The summed E-state index contributed by atoms with van der Waals surface area (Å²) in [5, 5.41) is 3.27. The molecule has 0 radical (unpaired) electrons. The minimum atomic E-state index is -1.27. The maximum Gasteiger partial charge on any atom is 0.228 e. The highest BCUT2D eigenvalue weighted by atomic mass is 19.1. The third-order valence-corrected chi connectivity index (χ3v) is 4.16. The summed E-state index contributed by atoms with van der Waals surface area (Å²) in [7, 11) is 0. The Morgan fingerprint density at radius 2 is 1.95 bits per heavy atom. The maximum atomic E-state index is 13.4. The van der Waals surface area contributed by atoms with Crippen LogP contribution in [0.4, 0.5) is 16.3 Å². The zero-order valence-corrected chi connectivity index (χ0v) is 13.0. The normalized spacial score (nSPS) is 18.1. The van der Waals surface area contributed by atoms with Gasteiger partial charge in [0.05, 0.1) is 6.04 Å². The molecule has 1 aliphatic rings. The highest BCUT2D eigenvalue weighted by molar-refractivity contribution is 5.46. The van der Waals surface area contributed by atoms with E-state index in [0.29, 0.717) is 5.95 Å². The van der Waals surface area contributed by atoms with Crippen LogP contribution in [0.2, 0.25) is 0 Å². The van der Waals surface area contributed by atoms with E-state index >= 15 is 0 Å². The van der Waals surface area contributed by atoms with Crippen molar-refractivity contribution in [1.29, 1.82) is 0 Å². The molecule has 0 aliphatic heterocycles. The highest BCUT2D eigenvalue weighted by Gasteiger charge is 2.24. The van der Waals surface area contributed by atoms with Crippen molar-refractivity contribution in [2.75, 3.05) is 11.1 Å². The molecule has 2 unspecified atom stereocenters. The summed E-state index contributed by atoms with van der Waals surface area (Å²) in [6, 6.07) is 4.57. The minimum absolute atomic E-state index is 0.0373. The fourth-order valence-corrected chi connectivity index (χ4v) is 2.85. The van der Waals surface area contributed by atoms with Gasteiger partial charge in [0.1, 0.15) is 0 Å². The second-order valence-electron chi connectivity index (χ2n) is 5.86. The van der Waals surface area contributed by atoms with E-state index in [-0.39, 0.29) is 17.8 Å². The molecule has 0 saturated heterocycles. The van der Waals surface area contributed by atoms with Crippen molar-refractivity contribution in [3.8, 4) is 0 Å². The van der Waals surface area contributed by atoms with Crippen molar-refractivity contribution < 1.29 is 4.39 Å². The van der Waals surface area contributed by atoms with Crippen LogP contribution in [0.25, 0.3) is 0 Å². The standard InChI is InChI=1S/C16H20FN5/c1-8-6-11-4-5-13(12(11)7-9(8)2)19-16-21-14(10(3)17)20-15(18)22-16/h6-7,10,13H,4-5H2,1-3H3,(H3,18,19,20,21,22). The fraction of sp³-hybridized carbons (Fsp3) is 0.438. The number of anilines is 2. The first-order valence-corrected chi connectivity index (χ1v) is 7.46. The van der Waals surface area contributed by atoms with Gasteiger partial charge in [0.2, 0.25) is 11.9 Å². The quantitative estimate of drug-likeness (QED) is 0.910. The van der Waals surface area contributed by atoms with E-state index in [0.717, 1.165) is 12.8 Å². The molecule has 0 saturated carbocycles. The number of aryl methyl sites for hydroxylation is 3. The van der Waals surface area contributed by atoms with Crippen molar-refractivity contribution in [2.24, 2.45) is 0 Å². The van der Waals surface area contributed by atoms with Crippen molar-refractivity contribution >= 4 is 11.9 Å². The molecular formula is C16H20FN5. The number of alkyl halides is 1. The van der Waals surface area contributed by atoms with Gasteiger partial charge in [-0.3, -0.25) is 0 Å². The number of nitrogens with zero attached hydrogens (tertiary/aromatic N) is 3. The molecular weight excluding hydrogens is 281 g/mol. The lowest BCUT2D eigenvalue weighted by atomic mass is 10.0. The third kappa shape index (κ3) is 2.73. The first-order chi connectivity index (χ1) is 10.4. The molecule has 1 aliphatic carbocycles. The van der Waals surface area contributed by atoms with Gasteiger partial charge in [-0.15, -0.1) is 0 Å². The second-order valence-corrected chi connectivity index (χ2v) is 5.86. The molecule has 1 aromatic heterocycles. The molecule has 3 rings (SSSR count). The fourth-order valence-electron chi connectivity index (χ4n) is 2.85. The van der Waals surface area contributed by atoms with E-state index in [1.54, 1.807) is 0 Å². The van der Waals surface area contributed by atoms with Crippen LogP contribution in [0.3, 0.4) is 0 Å². The molecule has 0 bridgehead atoms.